The maximum absolute atomic E-state index is 10.1. The van der Waals surface area contributed by atoms with Crippen molar-refractivity contribution in [2.45, 2.75) is 25.0 Å². The smallest absolute Gasteiger partial charge is 0.119 e. The van der Waals surface area contributed by atoms with Crippen molar-refractivity contribution < 1.29 is 9.84 Å². The normalized spacial score (nSPS) is 18.2. The second-order valence-electron chi connectivity index (χ2n) is 5.80. The highest BCUT2D eigenvalue weighted by Crippen LogP contribution is 2.21. The Hall–Kier alpha value is -1.85. The molecule has 0 amide bonds. The molecule has 118 valence electrons. The highest BCUT2D eigenvalue weighted by atomic mass is 16.5. The minimum atomic E-state index is -0.457. The van der Waals surface area contributed by atoms with Crippen molar-refractivity contribution in [3.63, 3.8) is 0 Å². The molecule has 2 aromatic rings. The minimum absolute atomic E-state index is 0.336. The van der Waals surface area contributed by atoms with Gasteiger partial charge < -0.3 is 14.7 Å². The van der Waals surface area contributed by atoms with Crippen LogP contribution in [0, 0.1) is 0 Å². The summed E-state index contributed by atoms with van der Waals surface area (Å²) in [7, 11) is 0. The van der Waals surface area contributed by atoms with E-state index in [4.69, 9.17) is 4.74 Å². The molecule has 1 atom stereocenters. The summed E-state index contributed by atoms with van der Waals surface area (Å²) in [4.78, 5) is 2.30. The number of rotatable bonds is 6. The van der Waals surface area contributed by atoms with E-state index in [-0.39, 0.29) is 0 Å². The van der Waals surface area contributed by atoms with Crippen molar-refractivity contribution in [1.29, 1.82) is 0 Å². The molecule has 1 aromatic heterocycles. The van der Waals surface area contributed by atoms with Crippen LogP contribution in [-0.4, -0.2) is 52.1 Å². The van der Waals surface area contributed by atoms with Crippen LogP contribution in [-0.2, 0) is 0 Å². The van der Waals surface area contributed by atoms with E-state index in [1.165, 1.54) is 0 Å². The second-order valence-corrected chi connectivity index (χ2v) is 5.80. The number of aliphatic hydroxyl groups is 1. The summed E-state index contributed by atoms with van der Waals surface area (Å²) in [6.07, 6.45) is 5.56. The summed E-state index contributed by atoms with van der Waals surface area (Å²) in [5.74, 6) is 0.805. The van der Waals surface area contributed by atoms with E-state index in [2.05, 4.69) is 10.00 Å². The van der Waals surface area contributed by atoms with E-state index >= 15 is 0 Å². The van der Waals surface area contributed by atoms with E-state index in [0.29, 0.717) is 19.2 Å². The molecule has 1 aliphatic rings. The first-order chi connectivity index (χ1) is 10.8. The molecule has 22 heavy (non-hydrogen) atoms. The first-order valence-electron chi connectivity index (χ1n) is 7.88. The number of ether oxygens (including phenoxy) is 1. The second kappa shape index (κ2) is 7.42. The van der Waals surface area contributed by atoms with Gasteiger partial charge >= 0.3 is 0 Å². The number of β-amino-alcohol motifs (C(OH)–C–C–N with tert-alkyl or cyclic N) is 1. The molecule has 0 radical (unpaired) electrons. The number of hydrogen-bond donors (Lipinski definition) is 1. The summed E-state index contributed by atoms with van der Waals surface area (Å²) in [6.45, 7) is 2.99. The number of hydrogen-bond acceptors (Lipinski definition) is 4. The third-order valence-electron chi connectivity index (χ3n) is 4.11. The van der Waals surface area contributed by atoms with Crippen LogP contribution in [0.25, 0.3) is 0 Å². The van der Waals surface area contributed by atoms with Gasteiger partial charge in [-0.1, -0.05) is 18.2 Å². The fourth-order valence-electron chi connectivity index (χ4n) is 2.92. The lowest BCUT2D eigenvalue weighted by Gasteiger charge is -2.33. The molecule has 1 aromatic carbocycles. The van der Waals surface area contributed by atoms with E-state index < -0.39 is 6.10 Å². The molecule has 1 fully saturated rings. The molecule has 0 spiro atoms. The molecule has 0 bridgehead atoms. The van der Waals surface area contributed by atoms with Gasteiger partial charge in [-0.2, -0.15) is 5.10 Å². The Kier molecular flexibility index (Phi) is 5.08. The summed E-state index contributed by atoms with van der Waals surface area (Å²) in [5.41, 5.74) is 0. The van der Waals surface area contributed by atoms with Gasteiger partial charge in [0.1, 0.15) is 18.5 Å². The Balaban J connectivity index is 1.39. The topological polar surface area (TPSA) is 50.5 Å². The van der Waals surface area contributed by atoms with Gasteiger partial charge in [-0.15, -0.1) is 0 Å². The molecule has 3 rings (SSSR count). The Labute approximate surface area is 131 Å². The van der Waals surface area contributed by atoms with Crippen LogP contribution in [0.15, 0.2) is 48.8 Å². The predicted octanol–water partition coefficient (Wildman–Crippen LogP) is 1.96. The summed E-state index contributed by atoms with van der Waals surface area (Å²) >= 11 is 0. The molecule has 1 saturated heterocycles. The zero-order valence-electron chi connectivity index (χ0n) is 12.7. The first-order valence-corrected chi connectivity index (χ1v) is 7.88. The molecule has 5 heteroatoms. The van der Waals surface area contributed by atoms with Crippen LogP contribution >= 0.6 is 0 Å². The van der Waals surface area contributed by atoms with Gasteiger partial charge in [-0.3, -0.25) is 4.68 Å². The SMILES string of the molecule is OC(COc1ccccc1)CN1CCC(n2cccn2)CC1. The Morgan fingerprint density at radius 1 is 1.18 bits per heavy atom. The van der Waals surface area contributed by atoms with Gasteiger partial charge in [0, 0.05) is 32.0 Å². The molecule has 2 heterocycles. The number of para-hydroxylation sites is 1. The van der Waals surface area contributed by atoms with Crippen molar-refractivity contribution in [3.05, 3.63) is 48.8 Å². The fraction of sp³-hybridized carbons (Fsp3) is 0.471. The average molecular weight is 301 g/mol. The van der Waals surface area contributed by atoms with E-state index in [1.54, 1.807) is 0 Å². The lowest BCUT2D eigenvalue weighted by atomic mass is 10.1. The van der Waals surface area contributed by atoms with Crippen molar-refractivity contribution >= 4 is 0 Å². The lowest BCUT2D eigenvalue weighted by molar-refractivity contribution is 0.0550. The standard InChI is InChI=1S/C17H23N3O2/c21-16(14-22-17-5-2-1-3-6-17)13-19-11-7-15(8-12-19)20-10-4-9-18-20/h1-6,9-10,15-16,21H,7-8,11-14H2. The van der Waals surface area contributed by atoms with Crippen LogP contribution in [0.4, 0.5) is 0 Å². The number of benzene rings is 1. The van der Waals surface area contributed by atoms with Gasteiger partial charge in [-0.25, -0.2) is 0 Å². The van der Waals surface area contributed by atoms with Gasteiger partial charge in [0.05, 0.1) is 6.04 Å². The van der Waals surface area contributed by atoms with Gasteiger partial charge in [0.15, 0.2) is 0 Å². The van der Waals surface area contributed by atoms with Crippen LogP contribution in [0.1, 0.15) is 18.9 Å². The van der Waals surface area contributed by atoms with Crippen molar-refractivity contribution in [1.82, 2.24) is 14.7 Å². The Morgan fingerprint density at radius 3 is 2.64 bits per heavy atom. The van der Waals surface area contributed by atoms with Crippen molar-refractivity contribution in [3.8, 4) is 5.75 Å². The van der Waals surface area contributed by atoms with Crippen LogP contribution < -0.4 is 4.74 Å². The number of nitrogens with zero attached hydrogens (tertiary/aromatic N) is 3. The minimum Gasteiger partial charge on any atom is -0.491 e. The number of piperidine rings is 1. The van der Waals surface area contributed by atoms with E-state index in [1.807, 2.05) is 53.5 Å². The third kappa shape index (κ3) is 4.08. The Bertz CT molecular complexity index is 536. The highest BCUT2D eigenvalue weighted by molar-refractivity contribution is 5.20. The van der Waals surface area contributed by atoms with Crippen LogP contribution in [0.3, 0.4) is 0 Å². The van der Waals surface area contributed by atoms with Gasteiger partial charge in [-0.05, 0) is 31.0 Å². The maximum Gasteiger partial charge on any atom is 0.119 e. The van der Waals surface area contributed by atoms with Crippen LogP contribution in [0.5, 0.6) is 5.75 Å². The molecular weight excluding hydrogens is 278 g/mol. The van der Waals surface area contributed by atoms with Crippen molar-refractivity contribution in [2.24, 2.45) is 0 Å². The monoisotopic (exact) mass is 301 g/mol. The molecule has 1 unspecified atom stereocenters. The Morgan fingerprint density at radius 2 is 1.95 bits per heavy atom. The largest absolute Gasteiger partial charge is 0.491 e. The van der Waals surface area contributed by atoms with E-state index in [9.17, 15) is 5.11 Å². The van der Waals surface area contributed by atoms with Crippen LogP contribution in [0.2, 0.25) is 0 Å². The maximum atomic E-state index is 10.1. The molecule has 1 N–H and O–H groups in total. The number of aromatic nitrogens is 2. The zero-order chi connectivity index (χ0) is 15.2. The summed E-state index contributed by atoms with van der Waals surface area (Å²) < 4.78 is 7.65. The molecule has 0 aliphatic carbocycles. The van der Waals surface area contributed by atoms with Gasteiger partial charge in [0.25, 0.3) is 0 Å². The summed E-state index contributed by atoms with van der Waals surface area (Å²) in [6, 6.07) is 12.1. The molecule has 1 aliphatic heterocycles. The van der Waals surface area contributed by atoms with Gasteiger partial charge in [0.2, 0.25) is 0 Å². The number of aliphatic hydroxyl groups excluding tert-OH is 1. The molecular formula is C17H23N3O2. The summed E-state index contributed by atoms with van der Waals surface area (Å²) in [5, 5.41) is 14.4. The highest BCUT2D eigenvalue weighted by Gasteiger charge is 2.22. The fourth-order valence-corrected chi connectivity index (χ4v) is 2.92. The van der Waals surface area contributed by atoms with E-state index in [0.717, 1.165) is 31.7 Å². The third-order valence-corrected chi connectivity index (χ3v) is 4.11. The quantitative estimate of drug-likeness (QED) is 0.886. The van der Waals surface area contributed by atoms with Crippen molar-refractivity contribution in [2.75, 3.05) is 26.2 Å². The lowest BCUT2D eigenvalue weighted by Crippen LogP contribution is -2.41. The molecule has 5 nitrogen and oxygen atoms in total. The molecule has 0 saturated carbocycles. The predicted molar refractivity (Wildman–Crippen MR) is 84.9 cm³/mol. The zero-order valence-corrected chi connectivity index (χ0v) is 12.7. The first kappa shape index (κ1) is 15.1. The average Bonchev–Trinajstić information content (AvgIpc) is 3.09. The number of likely N-dealkylation sites (tertiary alicyclic amines) is 1.